The lowest BCUT2D eigenvalue weighted by molar-refractivity contribution is -0.130. The molecule has 0 radical (unpaired) electrons. The molecule has 1 amide bonds. The first kappa shape index (κ1) is 24.4. The molecule has 1 aromatic heterocycles. The smallest absolute Gasteiger partial charge is 0.240 e. The zero-order chi connectivity index (χ0) is 23.9. The van der Waals surface area contributed by atoms with Crippen LogP contribution in [0.25, 0.3) is 5.69 Å². The van der Waals surface area contributed by atoms with Gasteiger partial charge in [0.15, 0.2) is 11.0 Å². The Hall–Kier alpha value is -2.71. The summed E-state index contributed by atoms with van der Waals surface area (Å²) in [6, 6.07) is 16.2. The van der Waals surface area contributed by atoms with Crippen LogP contribution < -0.4 is 0 Å². The van der Waals surface area contributed by atoms with Crippen LogP contribution in [-0.4, -0.2) is 56.7 Å². The number of aromatic nitrogens is 3. The number of piperidine rings is 1. The summed E-state index contributed by atoms with van der Waals surface area (Å²) >= 11 is 1.40. The fraction of sp³-hybridized carbons (Fsp3) is 0.423. The average molecular weight is 482 g/mol. The van der Waals surface area contributed by atoms with Crippen LogP contribution in [0.4, 0.5) is 4.39 Å². The molecule has 1 atom stereocenters. The Morgan fingerprint density at radius 2 is 1.68 bits per heavy atom. The predicted octanol–water partition coefficient (Wildman–Crippen LogP) is 5.09. The van der Waals surface area contributed by atoms with Crippen molar-refractivity contribution in [2.24, 2.45) is 0 Å². The minimum absolute atomic E-state index is 0.0486. The summed E-state index contributed by atoms with van der Waals surface area (Å²) in [7, 11) is 0. The third kappa shape index (κ3) is 5.67. The van der Waals surface area contributed by atoms with Gasteiger partial charge in [-0.25, -0.2) is 4.39 Å². The number of likely N-dealkylation sites (tertiary alicyclic amines) is 1. The van der Waals surface area contributed by atoms with Crippen molar-refractivity contribution in [2.45, 2.75) is 50.1 Å². The first-order valence-corrected chi connectivity index (χ1v) is 12.9. The van der Waals surface area contributed by atoms with E-state index in [4.69, 9.17) is 0 Å². The van der Waals surface area contributed by atoms with E-state index in [1.807, 2.05) is 53.6 Å². The Morgan fingerprint density at radius 1 is 1.00 bits per heavy atom. The van der Waals surface area contributed by atoms with E-state index in [9.17, 15) is 9.18 Å². The molecule has 8 heteroatoms. The van der Waals surface area contributed by atoms with Crippen LogP contribution in [0, 0.1) is 5.82 Å². The number of nitrogens with zero attached hydrogens (tertiary/aromatic N) is 5. The number of rotatable bonds is 9. The summed E-state index contributed by atoms with van der Waals surface area (Å²) in [5.74, 6) is 0.563. The second kappa shape index (κ2) is 11.6. The summed E-state index contributed by atoms with van der Waals surface area (Å²) in [6.07, 6.45) is 3.62. The molecule has 1 saturated heterocycles. The molecule has 6 nitrogen and oxygen atoms in total. The molecule has 4 rings (SSSR count). The fourth-order valence-electron chi connectivity index (χ4n) is 4.34. The van der Waals surface area contributed by atoms with Crippen molar-refractivity contribution in [3.63, 3.8) is 0 Å². The molecule has 0 spiro atoms. The average Bonchev–Trinajstić information content (AvgIpc) is 3.26. The van der Waals surface area contributed by atoms with Crippen molar-refractivity contribution in [3.8, 4) is 5.69 Å². The summed E-state index contributed by atoms with van der Waals surface area (Å²) in [4.78, 5) is 17.7. The van der Waals surface area contributed by atoms with E-state index < -0.39 is 5.25 Å². The van der Waals surface area contributed by atoms with Crippen LogP contribution >= 0.6 is 11.8 Å². The molecular formula is C26H32FN5OS. The minimum Gasteiger partial charge on any atom is -0.342 e. The lowest BCUT2D eigenvalue weighted by Crippen LogP contribution is -2.34. The largest absolute Gasteiger partial charge is 0.342 e. The molecule has 34 heavy (non-hydrogen) atoms. The fourth-order valence-corrected chi connectivity index (χ4v) is 5.50. The Morgan fingerprint density at radius 3 is 2.32 bits per heavy atom. The molecule has 1 unspecified atom stereocenters. The van der Waals surface area contributed by atoms with Gasteiger partial charge in [-0.2, -0.15) is 0 Å². The maximum Gasteiger partial charge on any atom is 0.240 e. The lowest BCUT2D eigenvalue weighted by atomic mass is 10.1. The zero-order valence-corrected chi connectivity index (χ0v) is 20.7. The Bertz CT molecular complexity index is 1060. The lowest BCUT2D eigenvalue weighted by Gasteiger charge is -2.26. The van der Waals surface area contributed by atoms with Crippen LogP contribution in [0.2, 0.25) is 0 Å². The van der Waals surface area contributed by atoms with Crippen LogP contribution in [0.1, 0.15) is 49.7 Å². The molecule has 3 aromatic rings. The summed E-state index contributed by atoms with van der Waals surface area (Å²) < 4.78 is 15.7. The molecule has 1 aliphatic rings. The topological polar surface area (TPSA) is 54.3 Å². The van der Waals surface area contributed by atoms with Crippen molar-refractivity contribution < 1.29 is 9.18 Å². The number of carbonyl (C=O) groups is 1. The SMILES string of the molecule is CCN(CC)C(=O)C(Sc1nnc(CN2CCCCC2)n1-c1ccc(F)cc1)c1ccccc1. The van der Waals surface area contributed by atoms with Crippen LogP contribution in [-0.2, 0) is 11.3 Å². The number of hydrogen-bond acceptors (Lipinski definition) is 5. The van der Waals surface area contributed by atoms with E-state index in [0.29, 0.717) is 24.8 Å². The van der Waals surface area contributed by atoms with E-state index in [2.05, 4.69) is 15.1 Å². The number of likely N-dealkylation sites (N-methyl/N-ethyl adjacent to an activating group) is 1. The van der Waals surface area contributed by atoms with Crippen molar-refractivity contribution in [1.82, 2.24) is 24.6 Å². The van der Waals surface area contributed by atoms with Crippen LogP contribution in [0.15, 0.2) is 59.8 Å². The Kier molecular flexibility index (Phi) is 8.34. The highest BCUT2D eigenvalue weighted by atomic mass is 32.2. The molecule has 2 heterocycles. The maximum absolute atomic E-state index is 13.7. The number of carbonyl (C=O) groups excluding carboxylic acids is 1. The maximum atomic E-state index is 13.7. The highest BCUT2D eigenvalue weighted by molar-refractivity contribution is 8.00. The second-order valence-corrected chi connectivity index (χ2v) is 9.54. The van der Waals surface area contributed by atoms with E-state index in [1.54, 1.807) is 12.1 Å². The van der Waals surface area contributed by atoms with Gasteiger partial charge >= 0.3 is 0 Å². The normalized spacial score (nSPS) is 15.3. The van der Waals surface area contributed by atoms with E-state index in [-0.39, 0.29) is 11.7 Å². The molecule has 1 fully saturated rings. The number of hydrogen-bond donors (Lipinski definition) is 0. The highest BCUT2D eigenvalue weighted by Crippen LogP contribution is 2.37. The van der Waals surface area contributed by atoms with E-state index in [0.717, 1.165) is 30.2 Å². The minimum atomic E-state index is -0.452. The van der Waals surface area contributed by atoms with Gasteiger partial charge in [-0.1, -0.05) is 48.5 Å². The van der Waals surface area contributed by atoms with E-state index >= 15 is 0 Å². The Balaban J connectivity index is 1.72. The summed E-state index contributed by atoms with van der Waals surface area (Å²) in [6.45, 7) is 8.01. The molecular weight excluding hydrogens is 449 g/mol. The molecule has 0 N–H and O–H groups in total. The molecule has 180 valence electrons. The van der Waals surface area contributed by atoms with Gasteiger partial charge in [0.25, 0.3) is 0 Å². The van der Waals surface area contributed by atoms with Gasteiger partial charge < -0.3 is 4.90 Å². The molecule has 0 saturated carbocycles. The quantitative estimate of drug-likeness (QED) is 0.398. The van der Waals surface area contributed by atoms with Crippen LogP contribution in [0.5, 0.6) is 0 Å². The van der Waals surface area contributed by atoms with Gasteiger partial charge in [-0.05, 0) is 69.6 Å². The second-order valence-electron chi connectivity index (χ2n) is 8.47. The summed E-state index contributed by atoms with van der Waals surface area (Å²) in [5, 5.41) is 9.24. The monoisotopic (exact) mass is 481 g/mol. The third-order valence-corrected chi connectivity index (χ3v) is 7.41. The van der Waals surface area contributed by atoms with Gasteiger partial charge in [0.1, 0.15) is 11.1 Å². The Labute approximate surface area is 205 Å². The van der Waals surface area contributed by atoms with Crippen molar-refractivity contribution in [1.29, 1.82) is 0 Å². The van der Waals surface area contributed by atoms with Crippen molar-refractivity contribution >= 4 is 17.7 Å². The highest BCUT2D eigenvalue weighted by Gasteiger charge is 2.29. The molecule has 0 bridgehead atoms. The van der Waals surface area contributed by atoms with Gasteiger partial charge in [-0.3, -0.25) is 14.3 Å². The third-order valence-electron chi connectivity index (χ3n) is 6.22. The molecule has 0 aliphatic carbocycles. The molecule has 1 aliphatic heterocycles. The first-order valence-electron chi connectivity index (χ1n) is 12.0. The van der Waals surface area contributed by atoms with Gasteiger partial charge in [0.2, 0.25) is 5.91 Å². The van der Waals surface area contributed by atoms with Crippen molar-refractivity contribution in [2.75, 3.05) is 26.2 Å². The van der Waals surface area contributed by atoms with Crippen LogP contribution in [0.3, 0.4) is 0 Å². The van der Waals surface area contributed by atoms with Crippen molar-refractivity contribution in [3.05, 3.63) is 71.8 Å². The van der Waals surface area contributed by atoms with Gasteiger partial charge in [0.05, 0.1) is 6.54 Å². The predicted molar refractivity (Wildman–Crippen MR) is 133 cm³/mol. The van der Waals surface area contributed by atoms with Gasteiger partial charge in [0, 0.05) is 18.8 Å². The summed E-state index contributed by atoms with van der Waals surface area (Å²) in [5.41, 5.74) is 1.72. The number of amides is 1. The zero-order valence-electron chi connectivity index (χ0n) is 19.9. The number of halogens is 1. The standard InChI is InChI=1S/C26H32FN5OS/c1-3-31(4-2)25(33)24(20-11-7-5-8-12-20)34-26-29-28-23(19-30-17-9-6-10-18-30)32(26)22-15-13-21(27)14-16-22/h5,7-8,11-16,24H,3-4,6,9-10,17-19H2,1-2H3. The number of benzene rings is 2. The first-order chi connectivity index (χ1) is 16.6. The van der Waals surface area contributed by atoms with E-state index in [1.165, 1.54) is 43.2 Å². The van der Waals surface area contributed by atoms with Gasteiger partial charge in [-0.15, -0.1) is 10.2 Å². The molecule has 2 aromatic carbocycles. The number of thioether (sulfide) groups is 1.